The summed E-state index contributed by atoms with van der Waals surface area (Å²) in [6.45, 7) is 9.31. The largest absolute Gasteiger partial charge is 0.325 e. The van der Waals surface area contributed by atoms with Gasteiger partial charge in [-0.05, 0) is 44.3 Å². The number of nitriles is 1. The van der Waals surface area contributed by atoms with Crippen molar-refractivity contribution in [3.63, 3.8) is 0 Å². The molecule has 114 valence electrons. The van der Waals surface area contributed by atoms with Gasteiger partial charge < -0.3 is 10.2 Å². The van der Waals surface area contributed by atoms with E-state index in [-0.39, 0.29) is 11.2 Å². The highest BCUT2D eigenvalue weighted by Gasteiger charge is 2.13. The van der Waals surface area contributed by atoms with Gasteiger partial charge in [0, 0.05) is 18.0 Å². The number of hydrogen-bond donors (Lipinski definition) is 1. The van der Waals surface area contributed by atoms with Crippen molar-refractivity contribution in [1.29, 1.82) is 5.26 Å². The monoisotopic (exact) mass is 305 g/mol. The molecule has 21 heavy (non-hydrogen) atoms. The van der Waals surface area contributed by atoms with E-state index in [0.717, 1.165) is 31.1 Å². The fourth-order valence-electron chi connectivity index (χ4n) is 1.85. The third kappa shape index (κ3) is 6.19. The van der Waals surface area contributed by atoms with Crippen LogP contribution in [0, 0.1) is 11.3 Å². The molecular weight excluding hydrogens is 282 g/mol. The fraction of sp³-hybridized carbons (Fsp3) is 0.500. The van der Waals surface area contributed by atoms with Crippen LogP contribution in [0.3, 0.4) is 0 Å². The Morgan fingerprint density at radius 3 is 2.48 bits per heavy atom. The maximum Gasteiger partial charge on any atom is 0.237 e. The number of amides is 1. The first-order chi connectivity index (χ1) is 10.1. The molecule has 0 aliphatic carbocycles. The number of benzene rings is 1. The highest BCUT2D eigenvalue weighted by Crippen LogP contribution is 2.15. The molecule has 0 fully saturated rings. The first-order valence-corrected chi connectivity index (χ1v) is 8.30. The van der Waals surface area contributed by atoms with Crippen molar-refractivity contribution in [3.05, 3.63) is 29.8 Å². The van der Waals surface area contributed by atoms with Gasteiger partial charge >= 0.3 is 0 Å². The van der Waals surface area contributed by atoms with Crippen LogP contribution in [0.5, 0.6) is 0 Å². The second-order valence-corrected chi connectivity index (χ2v) is 6.17. The Morgan fingerprint density at radius 2 is 1.95 bits per heavy atom. The van der Waals surface area contributed by atoms with Gasteiger partial charge in [0.15, 0.2) is 0 Å². The number of anilines is 1. The molecular formula is C16H23N3OS. The van der Waals surface area contributed by atoms with Crippen LogP contribution < -0.4 is 5.32 Å². The molecule has 1 atom stereocenters. The summed E-state index contributed by atoms with van der Waals surface area (Å²) >= 11 is 1.66. The molecule has 1 unspecified atom stereocenters. The van der Waals surface area contributed by atoms with E-state index in [0.29, 0.717) is 5.56 Å². The van der Waals surface area contributed by atoms with E-state index in [1.807, 2.05) is 6.92 Å². The van der Waals surface area contributed by atoms with Gasteiger partial charge in [0.05, 0.1) is 16.9 Å². The number of carbonyl (C=O) groups is 1. The van der Waals surface area contributed by atoms with Crippen LogP contribution in [0.15, 0.2) is 24.3 Å². The van der Waals surface area contributed by atoms with Crippen LogP contribution >= 0.6 is 11.8 Å². The standard InChI is InChI=1S/C16H23N3OS/c1-4-19(5-2)10-11-21-13(3)16(20)18-15-8-6-14(12-17)7-9-15/h6-9,13H,4-5,10-11H2,1-3H3,(H,18,20). The topological polar surface area (TPSA) is 56.1 Å². The van der Waals surface area contributed by atoms with Gasteiger partial charge in [0.25, 0.3) is 0 Å². The average molecular weight is 305 g/mol. The average Bonchev–Trinajstić information content (AvgIpc) is 2.52. The summed E-state index contributed by atoms with van der Waals surface area (Å²) in [7, 11) is 0. The molecule has 0 saturated carbocycles. The lowest BCUT2D eigenvalue weighted by Gasteiger charge is -2.19. The molecule has 0 spiro atoms. The minimum Gasteiger partial charge on any atom is -0.325 e. The summed E-state index contributed by atoms with van der Waals surface area (Å²) < 4.78 is 0. The number of nitrogens with zero attached hydrogens (tertiary/aromatic N) is 2. The highest BCUT2D eigenvalue weighted by atomic mass is 32.2. The zero-order valence-electron chi connectivity index (χ0n) is 12.9. The molecule has 0 saturated heterocycles. The third-order valence-corrected chi connectivity index (χ3v) is 4.45. The SMILES string of the molecule is CCN(CC)CCSC(C)C(=O)Nc1ccc(C#N)cc1. The molecule has 0 aliphatic heterocycles. The Bertz CT molecular complexity index is 477. The van der Waals surface area contributed by atoms with E-state index in [2.05, 4.69) is 30.1 Å². The van der Waals surface area contributed by atoms with E-state index in [9.17, 15) is 4.79 Å². The van der Waals surface area contributed by atoms with Crippen LogP contribution in [0.25, 0.3) is 0 Å². The maximum atomic E-state index is 12.1. The summed E-state index contributed by atoms with van der Waals surface area (Å²) in [6.07, 6.45) is 0. The first kappa shape index (κ1) is 17.5. The first-order valence-electron chi connectivity index (χ1n) is 7.25. The van der Waals surface area contributed by atoms with Crippen molar-refractivity contribution < 1.29 is 4.79 Å². The molecule has 1 aromatic carbocycles. The number of nitrogens with one attached hydrogen (secondary N) is 1. The molecule has 1 aromatic rings. The minimum atomic E-state index is -0.0868. The van der Waals surface area contributed by atoms with Crippen molar-refractivity contribution in [2.24, 2.45) is 0 Å². The molecule has 1 rings (SSSR count). The van der Waals surface area contributed by atoms with Crippen LogP contribution in [0.4, 0.5) is 5.69 Å². The van der Waals surface area contributed by atoms with Gasteiger partial charge in [-0.3, -0.25) is 4.79 Å². The summed E-state index contributed by atoms with van der Waals surface area (Å²) in [5.41, 5.74) is 1.32. The van der Waals surface area contributed by atoms with Crippen molar-refractivity contribution in [3.8, 4) is 6.07 Å². The van der Waals surface area contributed by atoms with Crippen LogP contribution in [0.2, 0.25) is 0 Å². The predicted octanol–water partition coefficient (Wildman–Crippen LogP) is 2.96. The Kier molecular flexibility index (Phi) is 7.88. The smallest absolute Gasteiger partial charge is 0.237 e. The van der Waals surface area contributed by atoms with E-state index in [1.165, 1.54) is 0 Å². The number of carbonyl (C=O) groups excluding carboxylic acids is 1. The van der Waals surface area contributed by atoms with Gasteiger partial charge in [-0.25, -0.2) is 0 Å². The van der Waals surface area contributed by atoms with Crippen molar-refractivity contribution in [2.45, 2.75) is 26.0 Å². The highest BCUT2D eigenvalue weighted by molar-refractivity contribution is 8.00. The predicted molar refractivity (Wildman–Crippen MR) is 89.5 cm³/mol. The van der Waals surface area contributed by atoms with E-state index < -0.39 is 0 Å². The second-order valence-electron chi connectivity index (χ2n) is 4.72. The summed E-state index contributed by atoms with van der Waals surface area (Å²) in [4.78, 5) is 14.4. The molecule has 0 heterocycles. The van der Waals surface area contributed by atoms with Gasteiger partial charge in [0.2, 0.25) is 5.91 Å². The minimum absolute atomic E-state index is 0.00394. The molecule has 5 heteroatoms. The Hall–Kier alpha value is -1.51. The molecule has 0 aliphatic rings. The van der Waals surface area contributed by atoms with E-state index in [4.69, 9.17) is 5.26 Å². The Balaban J connectivity index is 2.38. The number of thioether (sulfide) groups is 1. The third-order valence-electron chi connectivity index (χ3n) is 3.32. The van der Waals surface area contributed by atoms with Crippen LogP contribution in [-0.4, -0.2) is 41.4 Å². The number of rotatable bonds is 8. The van der Waals surface area contributed by atoms with Gasteiger partial charge in [-0.2, -0.15) is 5.26 Å². The molecule has 0 aromatic heterocycles. The Morgan fingerprint density at radius 1 is 1.33 bits per heavy atom. The van der Waals surface area contributed by atoms with Crippen molar-refractivity contribution >= 4 is 23.4 Å². The van der Waals surface area contributed by atoms with E-state index in [1.54, 1.807) is 36.0 Å². The molecule has 1 N–H and O–H groups in total. The molecule has 0 radical (unpaired) electrons. The molecule has 0 bridgehead atoms. The van der Waals surface area contributed by atoms with Gasteiger partial charge in [0.1, 0.15) is 0 Å². The normalized spacial score (nSPS) is 12.0. The zero-order chi connectivity index (χ0) is 15.7. The lowest BCUT2D eigenvalue weighted by molar-refractivity contribution is -0.115. The fourth-order valence-corrected chi connectivity index (χ4v) is 2.77. The second kappa shape index (κ2) is 9.43. The lowest BCUT2D eigenvalue weighted by Crippen LogP contribution is -2.28. The van der Waals surface area contributed by atoms with Crippen LogP contribution in [0.1, 0.15) is 26.3 Å². The summed E-state index contributed by atoms with van der Waals surface area (Å²) in [6, 6.07) is 8.97. The van der Waals surface area contributed by atoms with Gasteiger partial charge in [-0.1, -0.05) is 13.8 Å². The quantitative estimate of drug-likeness (QED) is 0.802. The van der Waals surface area contributed by atoms with Crippen molar-refractivity contribution in [1.82, 2.24) is 4.90 Å². The summed E-state index contributed by atoms with van der Waals surface area (Å²) in [5.74, 6) is 0.952. The molecule has 4 nitrogen and oxygen atoms in total. The molecule has 1 amide bonds. The number of hydrogen-bond acceptors (Lipinski definition) is 4. The maximum absolute atomic E-state index is 12.1. The zero-order valence-corrected chi connectivity index (χ0v) is 13.7. The summed E-state index contributed by atoms with van der Waals surface area (Å²) in [5, 5.41) is 11.5. The van der Waals surface area contributed by atoms with E-state index >= 15 is 0 Å². The van der Waals surface area contributed by atoms with Crippen LogP contribution in [-0.2, 0) is 4.79 Å². The lowest BCUT2D eigenvalue weighted by atomic mass is 10.2. The Labute approximate surface area is 131 Å². The van der Waals surface area contributed by atoms with Gasteiger partial charge in [-0.15, -0.1) is 11.8 Å². The van der Waals surface area contributed by atoms with Crippen molar-refractivity contribution in [2.75, 3.05) is 30.7 Å².